The van der Waals surface area contributed by atoms with Gasteiger partial charge in [-0.25, -0.2) is 0 Å². The Hall–Kier alpha value is -2.84. The van der Waals surface area contributed by atoms with Crippen LogP contribution in [0.2, 0.25) is 0 Å². The Kier molecular flexibility index (Phi) is 9.27. The summed E-state index contributed by atoms with van der Waals surface area (Å²) in [7, 11) is 1.26. The van der Waals surface area contributed by atoms with Crippen LogP contribution in [0.1, 0.15) is 37.7 Å². The first-order chi connectivity index (χ1) is 17.9. The van der Waals surface area contributed by atoms with E-state index < -0.39 is 36.1 Å². The first-order valence-electron chi connectivity index (χ1n) is 13.0. The van der Waals surface area contributed by atoms with Crippen LogP contribution in [0.3, 0.4) is 0 Å². The van der Waals surface area contributed by atoms with Gasteiger partial charge in [-0.2, -0.15) is 0 Å². The molecule has 0 bridgehead atoms. The average Bonchev–Trinajstić information content (AvgIpc) is 3.38. The van der Waals surface area contributed by atoms with E-state index in [0.29, 0.717) is 11.7 Å². The van der Waals surface area contributed by atoms with Crippen molar-refractivity contribution in [1.82, 2.24) is 0 Å². The Morgan fingerprint density at radius 2 is 1.78 bits per heavy atom. The van der Waals surface area contributed by atoms with Gasteiger partial charge in [-0.3, -0.25) is 9.59 Å². The van der Waals surface area contributed by atoms with Gasteiger partial charge in [-0.05, 0) is 24.3 Å². The van der Waals surface area contributed by atoms with Gasteiger partial charge in [0.1, 0.15) is 35.9 Å². The van der Waals surface area contributed by atoms with E-state index in [2.05, 4.69) is 0 Å². The number of aliphatic hydroxyl groups excluding tert-OH is 3. The molecular weight excluding hydrogens is 472 g/mol. The molecule has 7 nitrogen and oxygen atoms in total. The van der Waals surface area contributed by atoms with Gasteiger partial charge in [0.15, 0.2) is 5.78 Å². The van der Waals surface area contributed by atoms with Crippen LogP contribution in [-0.2, 0) is 20.7 Å². The van der Waals surface area contributed by atoms with E-state index >= 15 is 0 Å². The maximum Gasteiger partial charge on any atom is 0.165 e. The predicted molar refractivity (Wildman–Crippen MR) is 139 cm³/mol. The lowest BCUT2D eigenvalue weighted by atomic mass is 9.90. The number of fused-ring (bicyclic) bond motifs is 1. The summed E-state index contributed by atoms with van der Waals surface area (Å²) in [6, 6.07) is 15.4. The summed E-state index contributed by atoms with van der Waals surface area (Å²) < 4.78 is 11.3. The summed E-state index contributed by atoms with van der Waals surface area (Å²) in [5.41, 5.74) is 2.61. The molecule has 3 N–H and O–H groups in total. The van der Waals surface area contributed by atoms with E-state index in [9.17, 15) is 24.9 Å². The molecule has 0 radical (unpaired) electrons. The first kappa shape index (κ1) is 27.2. The summed E-state index contributed by atoms with van der Waals surface area (Å²) in [6.07, 6.45) is 1.63. The fourth-order valence-corrected chi connectivity index (χ4v) is 5.26. The Morgan fingerprint density at radius 1 is 1.05 bits per heavy atom. The van der Waals surface area contributed by atoms with Gasteiger partial charge >= 0.3 is 0 Å². The van der Waals surface area contributed by atoms with Crippen molar-refractivity contribution in [3.05, 3.63) is 66.2 Å². The third-order valence-corrected chi connectivity index (χ3v) is 7.44. The van der Waals surface area contributed by atoms with Gasteiger partial charge in [0.2, 0.25) is 0 Å². The zero-order valence-corrected chi connectivity index (χ0v) is 21.2. The quantitative estimate of drug-likeness (QED) is 0.422. The molecule has 0 amide bonds. The second kappa shape index (κ2) is 12.6. The van der Waals surface area contributed by atoms with Gasteiger partial charge in [0, 0.05) is 31.1 Å². The number of hydrogen-bond acceptors (Lipinski definition) is 7. The van der Waals surface area contributed by atoms with Gasteiger partial charge in [0.05, 0.1) is 12.5 Å². The third-order valence-electron chi connectivity index (χ3n) is 7.44. The maximum absolute atomic E-state index is 13.1. The molecule has 0 saturated heterocycles. The Balaban J connectivity index is 1.41. The molecule has 2 aromatic rings. The second-order valence-electron chi connectivity index (χ2n) is 10.0. The fraction of sp³-hybridized carbons (Fsp3) is 0.467. The number of carbonyl (C=O) groups excluding carboxylic acids is 2. The molecule has 2 aliphatic rings. The Labute approximate surface area is 217 Å². The first-order valence-corrected chi connectivity index (χ1v) is 13.0. The summed E-state index contributed by atoms with van der Waals surface area (Å²) in [5, 5.41) is 31.5. The number of rotatable bonds is 10. The lowest BCUT2D eigenvalue weighted by molar-refractivity contribution is -0.149. The lowest BCUT2D eigenvalue weighted by Crippen LogP contribution is -2.48. The highest BCUT2D eigenvalue weighted by Gasteiger charge is 2.37. The topological polar surface area (TPSA) is 113 Å². The molecule has 1 heterocycles. The van der Waals surface area contributed by atoms with Crippen molar-refractivity contribution < 1.29 is 34.4 Å². The Morgan fingerprint density at radius 3 is 2.49 bits per heavy atom. The highest BCUT2D eigenvalue weighted by Crippen LogP contribution is 2.36. The highest BCUT2D eigenvalue weighted by atomic mass is 16.5. The summed E-state index contributed by atoms with van der Waals surface area (Å²) >= 11 is 0. The van der Waals surface area contributed by atoms with Gasteiger partial charge in [0.25, 0.3) is 0 Å². The maximum atomic E-state index is 13.1. The zero-order chi connectivity index (χ0) is 26.4. The number of ether oxygens (including phenoxy) is 2. The molecule has 198 valence electrons. The van der Waals surface area contributed by atoms with Crippen molar-refractivity contribution in [2.24, 2.45) is 11.8 Å². The molecular formula is C30H36O7. The van der Waals surface area contributed by atoms with E-state index in [-0.39, 0.29) is 25.2 Å². The minimum Gasteiger partial charge on any atom is -0.492 e. The molecule has 2 aromatic carbocycles. The molecule has 7 heteroatoms. The van der Waals surface area contributed by atoms with Crippen LogP contribution < -0.4 is 4.74 Å². The number of aliphatic hydroxyl groups is 3. The minimum atomic E-state index is -1.65. The van der Waals surface area contributed by atoms with Crippen LogP contribution in [0.5, 0.6) is 5.75 Å². The van der Waals surface area contributed by atoms with Crippen LogP contribution in [0, 0.1) is 11.8 Å². The van der Waals surface area contributed by atoms with Crippen molar-refractivity contribution >= 4 is 11.6 Å². The molecule has 0 aromatic heterocycles. The molecule has 5 atom stereocenters. The molecule has 1 aliphatic carbocycles. The number of ketones is 2. The van der Waals surface area contributed by atoms with E-state index in [1.165, 1.54) is 13.2 Å². The van der Waals surface area contributed by atoms with Gasteiger partial charge in [-0.15, -0.1) is 0 Å². The molecule has 37 heavy (non-hydrogen) atoms. The number of methoxy groups -OCH3 is 1. The van der Waals surface area contributed by atoms with E-state index in [1.807, 2.05) is 54.6 Å². The summed E-state index contributed by atoms with van der Waals surface area (Å²) in [4.78, 5) is 26.2. The minimum absolute atomic E-state index is 0.0171. The fourth-order valence-electron chi connectivity index (χ4n) is 5.26. The highest BCUT2D eigenvalue weighted by molar-refractivity contribution is 5.92. The smallest absolute Gasteiger partial charge is 0.165 e. The lowest BCUT2D eigenvalue weighted by Gasteiger charge is -2.27. The average molecular weight is 509 g/mol. The van der Waals surface area contributed by atoms with Crippen molar-refractivity contribution in [1.29, 1.82) is 0 Å². The largest absolute Gasteiger partial charge is 0.492 e. The number of para-hydroxylation sites is 1. The van der Waals surface area contributed by atoms with Gasteiger partial charge in [-0.1, -0.05) is 73.5 Å². The second-order valence-corrected chi connectivity index (χ2v) is 10.0. The van der Waals surface area contributed by atoms with Crippen LogP contribution in [0.4, 0.5) is 0 Å². The summed E-state index contributed by atoms with van der Waals surface area (Å²) in [5.74, 6) is -0.406. The molecule has 1 saturated carbocycles. The number of Topliss-reactive ketones (excluding diaryl/α,β-unsaturated/α-hetero) is 2. The van der Waals surface area contributed by atoms with E-state index in [4.69, 9.17) is 9.47 Å². The molecule has 0 spiro atoms. The van der Waals surface area contributed by atoms with E-state index in [0.717, 1.165) is 42.4 Å². The molecule has 1 unspecified atom stereocenters. The van der Waals surface area contributed by atoms with Crippen LogP contribution in [-0.4, -0.2) is 65.0 Å². The van der Waals surface area contributed by atoms with Crippen molar-refractivity contribution in [3.63, 3.8) is 0 Å². The van der Waals surface area contributed by atoms with Crippen molar-refractivity contribution in [2.75, 3.05) is 13.7 Å². The van der Waals surface area contributed by atoms with Crippen LogP contribution >= 0.6 is 0 Å². The normalized spacial score (nSPS) is 21.6. The van der Waals surface area contributed by atoms with Crippen LogP contribution in [0.25, 0.3) is 11.1 Å². The number of allylic oxidation sites excluding steroid dienone is 1. The molecule has 4 rings (SSSR count). The van der Waals surface area contributed by atoms with Crippen molar-refractivity contribution in [2.45, 2.75) is 62.9 Å². The standard InChI is InChI=1S/C30H36O7/c1-36-30(28(35)27(34)24(31)15-14-19-8-5-6-9-19)26(33)17-22-18-37-29-21(16-25(22)32)12-7-13-23(29)20-10-3-2-4-11-20/h2-4,7,10-15,19,22,24,27-28,30-31,34-35H,5-6,8-9,16-18H2,1H3/b15-14+/t22?,24-,27+,28-,30+/m1/s1. The number of carbonyl (C=O) groups is 2. The summed E-state index contributed by atoms with van der Waals surface area (Å²) in [6.45, 7) is 0.0171. The molecule has 1 fully saturated rings. The molecule has 1 aliphatic heterocycles. The van der Waals surface area contributed by atoms with Crippen LogP contribution in [0.15, 0.2) is 60.7 Å². The van der Waals surface area contributed by atoms with Crippen molar-refractivity contribution in [3.8, 4) is 16.9 Å². The number of benzene rings is 2. The predicted octanol–water partition coefficient (Wildman–Crippen LogP) is 3.28. The van der Waals surface area contributed by atoms with E-state index in [1.54, 1.807) is 0 Å². The zero-order valence-electron chi connectivity index (χ0n) is 21.2. The van der Waals surface area contributed by atoms with Gasteiger partial charge < -0.3 is 24.8 Å². The third kappa shape index (κ3) is 6.54. The SMILES string of the molecule is CO[C@@H](C(=O)CC1COc2c(cccc2-c2ccccc2)CC1=O)[C@H](O)[C@@H](O)[C@H](O)/C=C/C1CCCC1. The number of hydrogen-bond donors (Lipinski definition) is 3. The monoisotopic (exact) mass is 508 g/mol. The Bertz CT molecular complexity index is 1090.